The highest BCUT2D eigenvalue weighted by molar-refractivity contribution is 5.81. The molecule has 2 fully saturated rings. The molecule has 0 amide bonds. The minimum absolute atomic E-state index is 0.146. The maximum Gasteiger partial charge on any atom is 0.280 e. The standard InChI is InChI=1S/C38H40FN9O4/c1-37(2)14-23-13-30-36(50)46(10-9-45(30)31(23)15-37)34-28(19-49)27(6-7-40-34)24-12-29(35-42-17-32(39)47(35)18-24)43-33-5-4-25(16-41-33)48-11-8-44(22-38(48,3)51)26-20-52-21-26/h4-7,9-10,12-13,16-18,26,49,51H,8,11,14-15,19-22H2,1-3H3,(H,41,43)/t38-/m0/s1. The monoisotopic (exact) mass is 705 g/mol. The molecule has 9 rings (SSSR count). The number of pyridine rings is 3. The van der Waals surface area contributed by atoms with Gasteiger partial charge < -0.3 is 29.6 Å². The lowest BCUT2D eigenvalue weighted by molar-refractivity contribution is -0.101. The van der Waals surface area contributed by atoms with Crippen molar-refractivity contribution in [2.24, 2.45) is 5.41 Å². The first-order valence-electron chi connectivity index (χ1n) is 17.6. The van der Waals surface area contributed by atoms with Crippen LogP contribution in [0.15, 0.2) is 72.3 Å². The van der Waals surface area contributed by atoms with E-state index in [0.717, 1.165) is 37.0 Å². The molecule has 52 heavy (non-hydrogen) atoms. The summed E-state index contributed by atoms with van der Waals surface area (Å²) in [5.41, 5.74) is 4.88. The number of nitrogens with zero attached hydrogens (tertiary/aromatic N) is 8. The first-order valence-corrected chi connectivity index (χ1v) is 17.6. The van der Waals surface area contributed by atoms with Gasteiger partial charge in [0.25, 0.3) is 5.56 Å². The third kappa shape index (κ3) is 5.36. The molecule has 0 spiro atoms. The predicted molar refractivity (Wildman–Crippen MR) is 194 cm³/mol. The zero-order valence-corrected chi connectivity index (χ0v) is 29.3. The van der Waals surface area contributed by atoms with Gasteiger partial charge in [-0.05, 0) is 66.6 Å². The summed E-state index contributed by atoms with van der Waals surface area (Å²) < 4.78 is 25.3. The predicted octanol–water partition coefficient (Wildman–Crippen LogP) is 3.92. The van der Waals surface area contributed by atoms with E-state index in [4.69, 9.17) is 4.74 Å². The first-order chi connectivity index (χ1) is 25.0. The fourth-order valence-electron chi connectivity index (χ4n) is 8.17. The second-order valence-electron chi connectivity index (χ2n) is 15.2. The summed E-state index contributed by atoms with van der Waals surface area (Å²) in [6, 6.07) is 9.57. The Morgan fingerprint density at radius 2 is 1.87 bits per heavy atom. The van der Waals surface area contributed by atoms with Crippen molar-refractivity contribution in [1.29, 1.82) is 0 Å². The molecule has 3 N–H and O–H groups in total. The summed E-state index contributed by atoms with van der Waals surface area (Å²) in [6.45, 7) is 9.20. The summed E-state index contributed by atoms with van der Waals surface area (Å²) in [7, 11) is 0. The van der Waals surface area contributed by atoms with Gasteiger partial charge in [0.05, 0.1) is 49.6 Å². The van der Waals surface area contributed by atoms with E-state index >= 15 is 4.39 Å². The number of fused-ring (bicyclic) bond motifs is 4. The maximum absolute atomic E-state index is 15.1. The third-order valence-electron chi connectivity index (χ3n) is 10.8. The maximum atomic E-state index is 15.1. The number of halogens is 1. The quantitative estimate of drug-likeness (QED) is 0.224. The fraction of sp³-hybridized carbons (Fsp3) is 0.368. The first kappa shape index (κ1) is 32.7. The smallest absolute Gasteiger partial charge is 0.280 e. The van der Waals surface area contributed by atoms with Crippen molar-refractivity contribution >= 4 is 28.4 Å². The van der Waals surface area contributed by atoms with E-state index in [0.29, 0.717) is 77.5 Å². The van der Waals surface area contributed by atoms with Crippen LogP contribution in [0.4, 0.5) is 21.6 Å². The second-order valence-corrected chi connectivity index (χ2v) is 15.2. The van der Waals surface area contributed by atoms with E-state index < -0.39 is 18.3 Å². The van der Waals surface area contributed by atoms with Crippen molar-refractivity contribution in [3.8, 4) is 16.9 Å². The molecule has 8 heterocycles. The highest BCUT2D eigenvalue weighted by atomic mass is 19.1. The molecule has 0 radical (unpaired) electrons. The summed E-state index contributed by atoms with van der Waals surface area (Å²) in [5, 5.41) is 25.4. The molecule has 13 nitrogen and oxygen atoms in total. The van der Waals surface area contributed by atoms with E-state index in [1.54, 1.807) is 30.9 Å². The molecule has 0 saturated carbocycles. The molecule has 0 bridgehead atoms. The molecule has 2 aliphatic heterocycles. The van der Waals surface area contributed by atoms with Crippen molar-refractivity contribution in [1.82, 2.24) is 33.2 Å². The zero-order chi connectivity index (χ0) is 35.9. The summed E-state index contributed by atoms with van der Waals surface area (Å²) in [5.74, 6) is 0.227. The summed E-state index contributed by atoms with van der Waals surface area (Å²) >= 11 is 0. The van der Waals surface area contributed by atoms with Gasteiger partial charge in [0.15, 0.2) is 5.65 Å². The number of hydrogen-bond donors (Lipinski definition) is 3. The van der Waals surface area contributed by atoms with Gasteiger partial charge in [0.2, 0.25) is 5.95 Å². The van der Waals surface area contributed by atoms with Gasteiger partial charge >= 0.3 is 0 Å². The number of β-amino-alcohol motifs (C(OH)–C–C–N with tert-alkyl or cyclic N) is 1. The van der Waals surface area contributed by atoms with Gasteiger partial charge in [-0.3, -0.25) is 18.7 Å². The number of piperazine rings is 1. The molecule has 1 aliphatic carbocycles. The van der Waals surface area contributed by atoms with Gasteiger partial charge in [0, 0.05) is 61.2 Å². The zero-order valence-electron chi connectivity index (χ0n) is 29.3. The lowest BCUT2D eigenvalue weighted by atomic mass is 9.90. The lowest BCUT2D eigenvalue weighted by Gasteiger charge is -2.50. The Bertz CT molecular complexity index is 2410. The number of hydrogen-bond acceptors (Lipinski definition) is 10. The Balaban J connectivity index is 1.04. The Kier molecular flexibility index (Phi) is 7.52. The topological polar surface area (TPSA) is 138 Å². The minimum Gasteiger partial charge on any atom is -0.392 e. The van der Waals surface area contributed by atoms with Crippen molar-refractivity contribution in [3.05, 3.63) is 101 Å². The van der Waals surface area contributed by atoms with Crippen LogP contribution in [0.2, 0.25) is 0 Å². The molecular formula is C38H40FN9O4. The fourth-order valence-corrected chi connectivity index (χ4v) is 8.17. The van der Waals surface area contributed by atoms with Crippen LogP contribution in [-0.2, 0) is 24.2 Å². The molecule has 3 aliphatic rings. The van der Waals surface area contributed by atoms with Gasteiger partial charge in [-0.1, -0.05) is 13.8 Å². The molecule has 0 aromatic carbocycles. The Morgan fingerprint density at radius 1 is 1.02 bits per heavy atom. The Morgan fingerprint density at radius 3 is 2.60 bits per heavy atom. The molecule has 14 heteroatoms. The van der Waals surface area contributed by atoms with Gasteiger partial charge in [-0.2, -0.15) is 4.39 Å². The van der Waals surface area contributed by atoms with E-state index in [1.165, 1.54) is 14.5 Å². The van der Waals surface area contributed by atoms with E-state index in [1.807, 2.05) is 46.7 Å². The van der Waals surface area contributed by atoms with E-state index in [-0.39, 0.29) is 11.0 Å². The van der Waals surface area contributed by atoms with Crippen molar-refractivity contribution < 1.29 is 19.3 Å². The third-order valence-corrected chi connectivity index (χ3v) is 10.8. The number of nitrogens with one attached hydrogen (secondary N) is 1. The SMILES string of the molecule is CC1(C)Cc2cc3c(=O)n(-c4nccc(-c5cc(Nc6ccc(N7CCN(C8COC8)C[C@]7(C)O)cn6)c6ncc(F)n6c5)c4CO)ccn3c2C1. The van der Waals surface area contributed by atoms with Crippen LogP contribution in [0.1, 0.15) is 37.6 Å². The largest absolute Gasteiger partial charge is 0.392 e. The van der Waals surface area contributed by atoms with Crippen LogP contribution < -0.4 is 15.8 Å². The number of ether oxygens (including phenoxy) is 1. The average molecular weight is 706 g/mol. The van der Waals surface area contributed by atoms with E-state index in [2.05, 4.69) is 39.0 Å². The highest BCUT2D eigenvalue weighted by Crippen LogP contribution is 2.38. The summed E-state index contributed by atoms with van der Waals surface area (Å²) in [6.07, 6.45) is 11.4. The molecule has 1 atom stereocenters. The van der Waals surface area contributed by atoms with Crippen LogP contribution >= 0.6 is 0 Å². The van der Waals surface area contributed by atoms with Gasteiger partial charge in [-0.15, -0.1) is 0 Å². The number of rotatable bonds is 7. The normalized spacial score (nSPS) is 20.5. The summed E-state index contributed by atoms with van der Waals surface area (Å²) in [4.78, 5) is 31.6. The molecular weight excluding hydrogens is 665 g/mol. The second kappa shape index (κ2) is 12.0. The number of anilines is 3. The highest BCUT2D eigenvalue weighted by Gasteiger charge is 2.40. The van der Waals surface area contributed by atoms with Crippen molar-refractivity contribution in [2.45, 2.75) is 52.0 Å². The van der Waals surface area contributed by atoms with Crippen LogP contribution in [0, 0.1) is 11.4 Å². The number of aliphatic hydroxyl groups excluding tert-OH is 1. The van der Waals surface area contributed by atoms with Crippen LogP contribution in [0.3, 0.4) is 0 Å². The molecule has 2 saturated heterocycles. The number of imidazole rings is 1. The van der Waals surface area contributed by atoms with Crippen molar-refractivity contribution in [2.75, 3.05) is 43.1 Å². The Hall–Kier alpha value is -5.15. The Labute approximate surface area is 298 Å². The molecule has 0 unspecified atom stereocenters. The molecule has 268 valence electrons. The van der Waals surface area contributed by atoms with Crippen molar-refractivity contribution in [3.63, 3.8) is 0 Å². The molecule has 6 aromatic heterocycles. The van der Waals surface area contributed by atoms with Crippen LogP contribution in [0.25, 0.3) is 28.1 Å². The van der Waals surface area contributed by atoms with Gasteiger partial charge in [-0.25, -0.2) is 15.0 Å². The van der Waals surface area contributed by atoms with Gasteiger partial charge in [0.1, 0.15) is 22.9 Å². The number of aliphatic hydroxyl groups is 2. The average Bonchev–Trinajstić information content (AvgIpc) is 3.73. The lowest BCUT2D eigenvalue weighted by Crippen LogP contribution is -2.65. The molecule has 6 aromatic rings. The van der Waals surface area contributed by atoms with Crippen LogP contribution in [-0.4, -0.2) is 88.0 Å². The van der Waals surface area contributed by atoms with Crippen LogP contribution in [0.5, 0.6) is 0 Å². The van der Waals surface area contributed by atoms with E-state index in [9.17, 15) is 15.0 Å². The minimum atomic E-state index is -1.08. The number of aromatic nitrogens is 6.